The van der Waals surface area contributed by atoms with E-state index in [0.29, 0.717) is 11.2 Å². The summed E-state index contributed by atoms with van der Waals surface area (Å²) in [6.45, 7) is 2.04. The Bertz CT molecular complexity index is 312. The molecule has 1 aromatic heterocycles. The van der Waals surface area contributed by atoms with Gasteiger partial charge in [-0.2, -0.15) is 0 Å². The van der Waals surface area contributed by atoms with Crippen LogP contribution in [-0.2, 0) is 0 Å². The number of pyridine rings is 1. The van der Waals surface area contributed by atoms with E-state index in [1.165, 1.54) is 32.1 Å². The van der Waals surface area contributed by atoms with E-state index in [-0.39, 0.29) is 0 Å². The summed E-state index contributed by atoms with van der Waals surface area (Å²) < 4.78 is 0. The Kier molecular flexibility index (Phi) is 3.47. The van der Waals surface area contributed by atoms with Crippen LogP contribution in [0.1, 0.15) is 37.7 Å². The second-order valence-corrected chi connectivity index (χ2v) is 4.72. The maximum absolute atomic E-state index is 5.92. The maximum Gasteiger partial charge on any atom is 0.131 e. The molecule has 0 amide bonds. The fraction of sp³-hybridized carbons (Fsp3) is 0.583. The molecule has 82 valence electrons. The third kappa shape index (κ3) is 3.10. The van der Waals surface area contributed by atoms with Crippen LogP contribution in [0.3, 0.4) is 0 Å². The summed E-state index contributed by atoms with van der Waals surface area (Å²) in [4.78, 5) is 4.28. The molecule has 1 heterocycles. The maximum atomic E-state index is 5.92. The first kappa shape index (κ1) is 10.7. The van der Waals surface area contributed by atoms with Gasteiger partial charge in [0.25, 0.3) is 0 Å². The third-order valence-electron chi connectivity index (χ3n) is 2.90. The average molecular weight is 225 g/mol. The number of nitrogens with one attached hydrogen (secondary N) is 1. The fourth-order valence-electron chi connectivity index (χ4n) is 2.15. The van der Waals surface area contributed by atoms with Gasteiger partial charge in [0.15, 0.2) is 0 Å². The normalized spacial score (nSPS) is 17.7. The smallest absolute Gasteiger partial charge is 0.131 e. The van der Waals surface area contributed by atoms with Crippen LogP contribution in [0.4, 0.5) is 5.82 Å². The third-order valence-corrected chi connectivity index (χ3v) is 3.09. The topological polar surface area (TPSA) is 24.9 Å². The van der Waals surface area contributed by atoms with Crippen molar-refractivity contribution >= 4 is 17.4 Å². The van der Waals surface area contributed by atoms with Gasteiger partial charge in [-0.05, 0) is 37.5 Å². The molecule has 0 aliphatic heterocycles. The lowest BCUT2D eigenvalue weighted by molar-refractivity contribution is 0.462. The molecule has 0 bridgehead atoms. The summed E-state index contributed by atoms with van der Waals surface area (Å²) in [6, 6.07) is 4.53. The molecule has 1 aromatic rings. The second-order valence-electron chi connectivity index (χ2n) is 4.33. The van der Waals surface area contributed by atoms with Gasteiger partial charge < -0.3 is 5.32 Å². The summed E-state index contributed by atoms with van der Waals surface area (Å²) in [5.74, 6) is 0.923. The predicted molar refractivity (Wildman–Crippen MR) is 64.5 cm³/mol. The van der Waals surface area contributed by atoms with E-state index in [1.807, 2.05) is 13.0 Å². The van der Waals surface area contributed by atoms with Gasteiger partial charge in [-0.25, -0.2) is 4.98 Å². The Morgan fingerprint density at radius 2 is 2.00 bits per heavy atom. The molecule has 1 aliphatic rings. The fourth-order valence-corrected chi connectivity index (χ4v) is 2.42. The predicted octanol–water partition coefficient (Wildman–Crippen LogP) is 3.79. The SMILES string of the molecule is Cc1cc(Cl)nc(NC2CCCCC2)c1. The van der Waals surface area contributed by atoms with Crippen molar-refractivity contribution in [3.63, 3.8) is 0 Å². The van der Waals surface area contributed by atoms with Gasteiger partial charge in [0.1, 0.15) is 11.0 Å². The lowest BCUT2D eigenvalue weighted by Crippen LogP contribution is -2.22. The van der Waals surface area contributed by atoms with Crippen LogP contribution in [0.25, 0.3) is 0 Å². The molecular formula is C12H17ClN2. The number of halogens is 1. The summed E-state index contributed by atoms with van der Waals surface area (Å²) in [5.41, 5.74) is 1.16. The van der Waals surface area contributed by atoms with Gasteiger partial charge in [0, 0.05) is 6.04 Å². The minimum atomic E-state index is 0.577. The van der Waals surface area contributed by atoms with E-state index in [4.69, 9.17) is 11.6 Å². The first-order valence-electron chi connectivity index (χ1n) is 5.65. The minimum Gasteiger partial charge on any atom is -0.367 e. The molecule has 1 fully saturated rings. The summed E-state index contributed by atoms with van der Waals surface area (Å²) in [5, 5.41) is 4.04. The average Bonchev–Trinajstić information content (AvgIpc) is 2.17. The second kappa shape index (κ2) is 4.84. The van der Waals surface area contributed by atoms with Gasteiger partial charge in [0.2, 0.25) is 0 Å². The summed E-state index contributed by atoms with van der Waals surface area (Å²) >= 11 is 5.92. The Balaban J connectivity index is 2.02. The van der Waals surface area contributed by atoms with Crippen LogP contribution < -0.4 is 5.32 Å². The zero-order valence-corrected chi connectivity index (χ0v) is 9.85. The van der Waals surface area contributed by atoms with Crippen LogP contribution in [0.2, 0.25) is 5.15 Å². The number of aromatic nitrogens is 1. The molecule has 0 atom stereocenters. The van der Waals surface area contributed by atoms with Gasteiger partial charge in [-0.15, -0.1) is 0 Å². The highest BCUT2D eigenvalue weighted by Crippen LogP contribution is 2.22. The quantitative estimate of drug-likeness (QED) is 0.774. The van der Waals surface area contributed by atoms with Gasteiger partial charge in [-0.1, -0.05) is 30.9 Å². The molecule has 2 rings (SSSR count). The number of hydrogen-bond donors (Lipinski definition) is 1. The van der Waals surface area contributed by atoms with Crippen molar-refractivity contribution in [2.75, 3.05) is 5.32 Å². The van der Waals surface area contributed by atoms with Crippen molar-refractivity contribution in [2.45, 2.75) is 45.1 Å². The highest BCUT2D eigenvalue weighted by atomic mass is 35.5. The molecule has 3 heteroatoms. The minimum absolute atomic E-state index is 0.577. The Morgan fingerprint density at radius 1 is 1.27 bits per heavy atom. The van der Waals surface area contributed by atoms with Crippen LogP contribution in [0, 0.1) is 6.92 Å². The molecule has 0 aromatic carbocycles. The molecule has 0 radical (unpaired) electrons. The monoisotopic (exact) mass is 224 g/mol. The van der Waals surface area contributed by atoms with Gasteiger partial charge >= 0.3 is 0 Å². The van der Waals surface area contributed by atoms with E-state index >= 15 is 0 Å². The lowest BCUT2D eigenvalue weighted by Gasteiger charge is -2.23. The Hall–Kier alpha value is -0.760. The molecule has 2 nitrogen and oxygen atoms in total. The molecule has 0 unspecified atom stereocenters. The zero-order chi connectivity index (χ0) is 10.7. The lowest BCUT2D eigenvalue weighted by atomic mass is 9.95. The first-order valence-corrected chi connectivity index (χ1v) is 6.02. The van der Waals surface area contributed by atoms with Crippen molar-refractivity contribution in [3.05, 3.63) is 22.8 Å². The van der Waals surface area contributed by atoms with Crippen LogP contribution >= 0.6 is 11.6 Å². The molecular weight excluding hydrogens is 208 g/mol. The zero-order valence-electron chi connectivity index (χ0n) is 9.09. The summed E-state index contributed by atoms with van der Waals surface area (Å²) in [6.07, 6.45) is 6.55. The van der Waals surface area contributed by atoms with Crippen molar-refractivity contribution in [1.29, 1.82) is 0 Å². The van der Waals surface area contributed by atoms with Crippen molar-refractivity contribution < 1.29 is 0 Å². The van der Waals surface area contributed by atoms with E-state index < -0.39 is 0 Å². The van der Waals surface area contributed by atoms with Gasteiger partial charge in [-0.3, -0.25) is 0 Å². The van der Waals surface area contributed by atoms with E-state index in [1.54, 1.807) is 0 Å². The molecule has 0 saturated heterocycles. The Labute approximate surface area is 96.1 Å². The number of rotatable bonds is 2. The largest absolute Gasteiger partial charge is 0.367 e. The van der Waals surface area contributed by atoms with E-state index in [2.05, 4.69) is 16.4 Å². The highest BCUT2D eigenvalue weighted by molar-refractivity contribution is 6.29. The van der Waals surface area contributed by atoms with Crippen LogP contribution in [-0.4, -0.2) is 11.0 Å². The molecule has 15 heavy (non-hydrogen) atoms. The molecule has 0 spiro atoms. The van der Waals surface area contributed by atoms with Crippen LogP contribution in [0.5, 0.6) is 0 Å². The molecule has 1 saturated carbocycles. The van der Waals surface area contributed by atoms with Gasteiger partial charge in [0.05, 0.1) is 0 Å². The van der Waals surface area contributed by atoms with E-state index in [0.717, 1.165) is 11.4 Å². The van der Waals surface area contributed by atoms with Crippen LogP contribution in [0.15, 0.2) is 12.1 Å². The highest BCUT2D eigenvalue weighted by Gasteiger charge is 2.13. The molecule has 1 aliphatic carbocycles. The standard InChI is InChI=1S/C12H17ClN2/c1-9-7-11(13)15-12(8-9)14-10-5-3-2-4-6-10/h7-8,10H,2-6H2,1H3,(H,14,15). The molecule has 1 N–H and O–H groups in total. The number of aryl methyl sites for hydroxylation is 1. The number of hydrogen-bond acceptors (Lipinski definition) is 2. The number of anilines is 1. The van der Waals surface area contributed by atoms with Crippen molar-refractivity contribution in [1.82, 2.24) is 4.98 Å². The van der Waals surface area contributed by atoms with Crippen molar-refractivity contribution in [3.8, 4) is 0 Å². The number of nitrogens with zero attached hydrogens (tertiary/aromatic N) is 1. The summed E-state index contributed by atoms with van der Waals surface area (Å²) in [7, 11) is 0. The van der Waals surface area contributed by atoms with Crippen molar-refractivity contribution in [2.24, 2.45) is 0 Å². The first-order chi connectivity index (χ1) is 7.24. The van der Waals surface area contributed by atoms with E-state index in [9.17, 15) is 0 Å². The Morgan fingerprint density at radius 3 is 2.67 bits per heavy atom.